The Bertz CT molecular complexity index is 446. The van der Waals surface area contributed by atoms with Gasteiger partial charge >= 0.3 is 0 Å². The molecule has 1 aliphatic heterocycles. The number of amidine groups is 1. The molecule has 0 unspecified atom stereocenters. The molecule has 0 saturated carbocycles. The molecule has 1 aromatic rings. The molecule has 2 nitrogen and oxygen atoms in total. The molecule has 1 atom stereocenters. The molecule has 0 amide bonds. The second kappa shape index (κ2) is 5.51. The fourth-order valence-corrected chi connectivity index (χ4v) is 3.14. The van der Waals surface area contributed by atoms with Crippen LogP contribution in [0.3, 0.4) is 0 Å². The molecule has 0 aromatic heterocycles. The molecule has 1 aromatic carbocycles. The van der Waals surface area contributed by atoms with Gasteiger partial charge in [0, 0.05) is 10.8 Å². The molecule has 0 saturated heterocycles. The number of hydrogen-bond acceptors (Lipinski definition) is 3. The molecular formula is C12H14Cl2N2S. The summed E-state index contributed by atoms with van der Waals surface area (Å²) < 4.78 is 0. The van der Waals surface area contributed by atoms with Gasteiger partial charge < -0.3 is 5.32 Å². The van der Waals surface area contributed by atoms with Crippen LogP contribution in [0, 0.1) is 5.92 Å². The predicted molar refractivity (Wildman–Crippen MR) is 78.6 cm³/mol. The fourth-order valence-electron chi connectivity index (χ4n) is 1.51. The fraction of sp³-hybridized carbons (Fsp3) is 0.417. The van der Waals surface area contributed by atoms with Gasteiger partial charge in [-0.15, -0.1) is 0 Å². The monoisotopic (exact) mass is 288 g/mol. The van der Waals surface area contributed by atoms with Crippen LogP contribution in [0.15, 0.2) is 23.2 Å². The Morgan fingerprint density at radius 1 is 1.41 bits per heavy atom. The highest BCUT2D eigenvalue weighted by molar-refractivity contribution is 8.14. The van der Waals surface area contributed by atoms with Crippen LogP contribution in [0.2, 0.25) is 10.0 Å². The highest BCUT2D eigenvalue weighted by Gasteiger charge is 2.21. The first-order chi connectivity index (χ1) is 8.06. The summed E-state index contributed by atoms with van der Waals surface area (Å²) in [6.45, 7) is 4.37. The third-order valence-corrected chi connectivity index (χ3v) is 4.15. The summed E-state index contributed by atoms with van der Waals surface area (Å²) in [5, 5.41) is 5.44. The molecule has 0 aliphatic carbocycles. The molecule has 0 fully saturated rings. The average Bonchev–Trinajstić information content (AvgIpc) is 2.71. The number of halogens is 2. The minimum atomic E-state index is 0.397. The Hall–Kier alpha value is -0.380. The van der Waals surface area contributed by atoms with E-state index in [1.807, 2.05) is 12.1 Å². The van der Waals surface area contributed by atoms with Gasteiger partial charge in [-0.3, -0.25) is 4.99 Å². The number of anilines is 1. The number of nitrogens with one attached hydrogen (secondary N) is 1. The van der Waals surface area contributed by atoms with Gasteiger partial charge in [0.2, 0.25) is 0 Å². The van der Waals surface area contributed by atoms with Crippen molar-refractivity contribution in [3.05, 3.63) is 28.2 Å². The second-order valence-corrected chi connectivity index (χ2v) is 6.16. The van der Waals surface area contributed by atoms with E-state index in [0.29, 0.717) is 22.0 Å². The Kier molecular flexibility index (Phi) is 4.23. The van der Waals surface area contributed by atoms with Crippen LogP contribution in [0.4, 0.5) is 5.69 Å². The maximum absolute atomic E-state index is 6.10. The van der Waals surface area contributed by atoms with E-state index in [4.69, 9.17) is 23.2 Å². The van der Waals surface area contributed by atoms with E-state index in [1.54, 1.807) is 17.8 Å². The van der Waals surface area contributed by atoms with E-state index in [0.717, 1.165) is 16.6 Å². The van der Waals surface area contributed by atoms with Gasteiger partial charge in [0.05, 0.1) is 16.8 Å². The van der Waals surface area contributed by atoms with Gasteiger partial charge in [-0.05, 0) is 24.1 Å². The van der Waals surface area contributed by atoms with Crippen molar-refractivity contribution >= 4 is 45.8 Å². The number of nitrogens with zero attached hydrogens (tertiary/aromatic N) is 1. The number of hydrogen-bond donors (Lipinski definition) is 1. The maximum atomic E-state index is 6.10. The minimum Gasteiger partial charge on any atom is -0.334 e. The van der Waals surface area contributed by atoms with Gasteiger partial charge in [-0.2, -0.15) is 0 Å². The van der Waals surface area contributed by atoms with E-state index in [-0.39, 0.29) is 0 Å². The Morgan fingerprint density at radius 2 is 2.18 bits per heavy atom. The van der Waals surface area contributed by atoms with Crippen LogP contribution in [-0.2, 0) is 0 Å². The molecule has 2 rings (SSSR count). The summed E-state index contributed by atoms with van der Waals surface area (Å²) in [5.41, 5.74) is 0.853. The average molecular weight is 289 g/mol. The molecule has 5 heteroatoms. The third kappa shape index (κ3) is 3.30. The summed E-state index contributed by atoms with van der Waals surface area (Å²) in [6, 6.07) is 5.81. The molecule has 1 aliphatic rings. The van der Waals surface area contributed by atoms with Crippen molar-refractivity contribution in [1.29, 1.82) is 0 Å². The van der Waals surface area contributed by atoms with Crippen molar-refractivity contribution in [2.24, 2.45) is 10.9 Å². The number of aliphatic imine (C=N–C) groups is 1. The molecule has 92 valence electrons. The third-order valence-electron chi connectivity index (χ3n) is 2.62. The van der Waals surface area contributed by atoms with E-state index >= 15 is 0 Å². The first-order valence-electron chi connectivity index (χ1n) is 5.49. The summed E-state index contributed by atoms with van der Waals surface area (Å²) >= 11 is 13.7. The largest absolute Gasteiger partial charge is 0.334 e. The van der Waals surface area contributed by atoms with Crippen LogP contribution in [0.1, 0.15) is 13.8 Å². The van der Waals surface area contributed by atoms with Crippen molar-refractivity contribution < 1.29 is 0 Å². The van der Waals surface area contributed by atoms with Gasteiger partial charge in [0.1, 0.15) is 0 Å². The molecule has 0 radical (unpaired) electrons. The lowest BCUT2D eigenvalue weighted by atomic mass is 10.1. The zero-order chi connectivity index (χ0) is 12.4. The summed E-state index contributed by atoms with van der Waals surface area (Å²) in [4.78, 5) is 4.62. The van der Waals surface area contributed by atoms with Crippen LogP contribution < -0.4 is 5.32 Å². The van der Waals surface area contributed by atoms with E-state index in [1.165, 1.54) is 0 Å². The van der Waals surface area contributed by atoms with Gasteiger partial charge in [0.25, 0.3) is 0 Å². The highest BCUT2D eigenvalue weighted by atomic mass is 35.5. The summed E-state index contributed by atoms with van der Waals surface area (Å²) in [5.74, 6) is 1.60. The van der Waals surface area contributed by atoms with Crippen molar-refractivity contribution in [2.75, 3.05) is 11.1 Å². The van der Waals surface area contributed by atoms with E-state index < -0.39 is 0 Å². The summed E-state index contributed by atoms with van der Waals surface area (Å²) in [7, 11) is 0. The normalized spacial score (nSPS) is 19.6. The molecule has 0 spiro atoms. The van der Waals surface area contributed by atoms with Crippen LogP contribution >= 0.6 is 35.0 Å². The predicted octanol–water partition coefficient (Wildman–Crippen LogP) is 4.53. The van der Waals surface area contributed by atoms with Gasteiger partial charge in [-0.25, -0.2) is 0 Å². The highest BCUT2D eigenvalue weighted by Crippen LogP contribution is 2.29. The Balaban J connectivity index is 2.09. The number of rotatable bonds is 2. The summed E-state index contributed by atoms with van der Waals surface area (Å²) in [6.07, 6.45) is 0. The maximum Gasteiger partial charge on any atom is 0.161 e. The Labute approximate surface area is 116 Å². The quantitative estimate of drug-likeness (QED) is 0.864. The lowest BCUT2D eigenvalue weighted by Crippen LogP contribution is -2.12. The number of benzene rings is 1. The van der Waals surface area contributed by atoms with Crippen molar-refractivity contribution in [2.45, 2.75) is 19.9 Å². The molecule has 0 bridgehead atoms. The van der Waals surface area contributed by atoms with Gasteiger partial charge in [0.15, 0.2) is 5.17 Å². The zero-order valence-electron chi connectivity index (χ0n) is 9.71. The standard InChI is InChI=1S/C12H14Cl2N2S/c1-7(2)11-6-17-12(16-11)15-10-4-3-8(13)5-9(10)14/h3-5,7,11H,6H2,1-2H3,(H,15,16)/t11-/m1/s1. The lowest BCUT2D eigenvalue weighted by Gasteiger charge is -2.08. The van der Waals surface area contributed by atoms with Crippen LogP contribution in [0.25, 0.3) is 0 Å². The lowest BCUT2D eigenvalue weighted by molar-refractivity contribution is 0.543. The minimum absolute atomic E-state index is 0.397. The number of thioether (sulfide) groups is 1. The first kappa shape index (κ1) is 13.1. The smallest absolute Gasteiger partial charge is 0.161 e. The second-order valence-electron chi connectivity index (χ2n) is 4.31. The molecule has 1 N–H and O–H groups in total. The van der Waals surface area contributed by atoms with Crippen molar-refractivity contribution in [3.8, 4) is 0 Å². The first-order valence-corrected chi connectivity index (χ1v) is 7.23. The molecule has 1 heterocycles. The van der Waals surface area contributed by atoms with Crippen molar-refractivity contribution in [1.82, 2.24) is 0 Å². The van der Waals surface area contributed by atoms with Crippen LogP contribution in [0.5, 0.6) is 0 Å². The van der Waals surface area contributed by atoms with E-state index in [2.05, 4.69) is 24.2 Å². The molecule has 17 heavy (non-hydrogen) atoms. The Morgan fingerprint density at radius 3 is 2.76 bits per heavy atom. The SMILES string of the molecule is CC(C)[C@H]1CSC(Nc2ccc(Cl)cc2Cl)=N1. The van der Waals surface area contributed by atoms with Crippen molar-refractivity contribution in [3.63, 3.8) is 0 Å². The molecular weight excluding hydrogens is 275 g/mol. The zero-order valence-corrected chi connectivity index (χ0v) is 12.0. The van der Waals surface area contributed by atoms with Gasteiger partial charge in [-0.1, -0.05) is 48.8 Å². The topological polar surface area (TPSA) is 24.4 Å². The van der Waals surface area contributed by atoms with Crippen LogP contribution in [-0.4, -0.2) is 17.0 Å². The van der Waals surface area contributed by atoms with E-state index in [9.17, 15) is 0 Å².